The number of carbonyl (C=O) groups excluding carboxylic acids is 2. The van der Waals surface area contributed by atoms with E-state index in [-0.39, 0.29) is 11.8 Å². The van der Waals surface area contributed by atoms with Crippen LogP contribution in [0.1, 0.15) is 23.2 Å². The molecule has 0 spiro atoms. The molecule has 8 heteroatoms. The summed E-state index contributed by atoms with van der Waals surface area (Å²) in [7, 11) is 0. The molecule has 1 aromatic heterocycles. The fourth-order valence-corrected chi connectivity index (χ4v) is 3.60. The zero-order valence-corrected chi connectivity index (χ0v) is 16.1. The predicted molar refractivity (Wildman–Crippen MR) is 111 cm³/mol. The molecule has 1 saturated heterocycles. The van der Waals surface area contributed by atoms with Gasteiger partial charge in [-0.2, -0.15) is 0 Å². The number of nitrogens with one attached hydrogen (secondary N) is 2. The molecule has 1 fully saturated rings. The highest BCUT2D eigenvalue weighted by Gasteiger charge is 2.27. The van der Waals surface area contributed by atoms with Gasteiger partial charge in [-0.1, -0.05) is 18.2 Å². The van der Waals surface area contributed by atoms with Gasteiger partial charge in [-0.3, -0.25) is 14.9 Å². The van der Waals surface area contributed by atoms with Crippen molar-refractivity contribution in [3.8, 4) is 5.75 Å². The van der Waals surface area contributed by atoms with Crippen LogP contribution < -0.4 is 10.1 Å². The smallest absolute Gasteiger partial charge is 0.417 e. The highest BCUT2D eigenvalue weighted by atomic mass is 16.6. The molecule has 0 saturated carbocycles. The lowest BCUT2D eigenvalue weighted by Gasteiger charge is -2.30. The van der Waals surface area contributed by atoms with E-state index in [9.17, 15) is 14.4 Å². The minimum absolute atomic E-state index is 0.159. The molecule has 3 N–H and O–H groups in total. The van der Waals surface area contributed by atoms with Gasteiger partial charge in [0.25, 0.3) is 5.91 Å². The number of carbonyl (C=O) groups is 3. The molecule has 2 amide bonds. The van der Waals surface area contributed by atoms with E-state index in [1.807, 2.05) is 24.3 Å². The van der Waals surface area contributed by atoms with Gasteiger partial charge >= 0.3 is 12.1 Å². The summed E-state index contributed by atoms with van der Waals surface area (Å²) < 4.78 is 5.30. The van der Waals surface area contributed by atoms with Crippen LogP contribution in [-0.4, -0.2) is 46.0 Å². The number of para-hydroxylation sites is 1. The first-order chi connectivity index (χ1) is 14.5. The van der Waals surface area contributed by atoms with Crippen molar-refractivity contribution in [2.45, 2.75) is 12.8 Å². The Morgan fingerprint density at radius 2 is 1.73 bits per heavy atom. The van der Waals surface area contributed by atoms with E-state index in [0.717, 1.165) is 10.9 Å². The highest BCUT2D eigenvalue weighted by Crippen LogP contribution is 2.23. The van der Waals surface area contributed by atoms with Crippen LogP contribution in [0.5, 0.6) is 5.75 Å². The zero-order chi connectivity index (χ0) is 21.1. The van der Waals surface area contributed by atoms with Crippen LogP contribution in [0, 0.1) is 5.92 Å². The number of anilines is 1. The number of carboxylic acids is 1. The fraction of sp³-hybridized carbons (Fsp3) is 0.227. The molecule has 4 rings (SSSR count). The van der Waals surface area contributed by atoms with Crippen LogP contribution in [0.15, 0.2) is 54.7 Å². The summed E-state index contributed by atoms with van der Waals surface area (Å²) in [6.45, 7) is 0.835. The van der Waals surface area contributed by atoms with Gasteiger partial charge in [-0.15, -0.1) is 0 Å². The number of aliphatic carboxylic acids is 1. The van der Waals surface area contributed by atoms with Crippen molar-refractivity contribution >= 4 is 34.6 Å². The molecule has 0 atom stereocenters. The minimum Gasteiger partial charge on any atom is -0.481 e. The number of carboxylic acid groups (broad SMARTS) is 1. The molecule has 0 aliphatic carbocycles. The average Bonchev–Trinajstić information content (AvgIpc) is 3.16. The third kappa shape index (κ3) is 4.12. The molecular formula is C22H21N3O5. The Labute approximate surface area is 172 Å². The lowest BCUT2D eigenvalue weighted by Crippen LogP contribution is -2.40. The van der Waals surface area contributed by atoms with Gasteiger partial charge in [-0.25, -0.2) is 4.79 Å². The summed E-state index contributed by atoms with van der Waals surface area (Å²) in [6, 6.07) is 13.9. The molecule has 1 aliphatic rings. The summed E-state index contributed by atoms with van der Waals surface area (Å²) in [5.74, 6) is -1.04. The number of amides is 2. The third-order valence-electron chi connectivity index (χ3n) is 5.27. The van der Waals surface area contributed by atoms with Crippen molar-refractivity contribution in [2.24, 2.45) is 5.92 Å². The quantitative estimate of drug-likeness (QED) is 0.610. The monoisotopic (exact) mass is 407 g/mol. The van der Waals surface area contributed by atoms with Gasteiger partial charge in [0.15, 0.2) is 0 Å². The first kappa shape index (κ1) is 19.5. The largest absolute Gasteiger partial charge is 0.481 e. The number of hydrogen-bond donors (Lipinski definition) is 3. The van der Waals surface area contributed by atoms with Crippen LogP contribution >= 0.6 is 0 Å². The molecule has 0 radical (unpaired) electrons. The van der Waals surface area contributed by atoms with E-state index >= 15 is 0 Å². The second-order valence-electron chi connectivity index (χ2n) is 7.19. The van der Waals surface area contributed by atoms with E-state index in [4.69, 9.17) is 9.84 Å². The fourth-order valence-electron chi connectivity index (χ4n) is 3.60. The van der Waals surface area contributed by atoms with Gasteiger partial charge in [0.2, 0.25) is 0 Å². The lowest BCUT2D eigenvalue weighted by atomic mass is 9.96. The molecular weight excluding hydrogens is 386 g/mol. The molecule has 3 aromatic rings. The zero-order valence-electron chi connectivity index (χ0n) is 16.1. The van der Waals surface area contributed by atoms with E-state index in [1.54, 1.807) is 35.4 Å². The Morgan fingerprint density at radius 1 is 1.03 bits per heavy atom. The molecule has 1 aliphatic heterocycles. The van der Waals surface area contributed by atoms with Gasteiger partial charge in [0, 0.05) is 35.8 Å². The average molecular weight is 407 g/mol. The number of benzene rings is 2. The number of rotatable bonds is 4. The van der Waals surface area contributed by atoms with E-state index < -0.39 is 12.1 Å². The van der Waals surface area contributed by atoms with E-state index in [1.165, 1.54) is 0 Å². The van der Waals surface area contributed by atoms with E-state index in [0.29, 0.717) is 42.9 Å². The van der Waals surface area contributed by atoms with Crippen LogP contribution in [0.2, 0.25) is 0 Å². The Bertz CT molecular complexity index is 1080. The van der Waals surface area contributed by atoms with Crippen LogP contribution in [0.4, 0.5) is 10.5 Å². The summed E-state index contributed by atoms with van der Waals surface area (Å²) in [5, 5.41) is 12.6. The van der Waals surface area contributed by atoms with Crippen molar-refractivity contribution in [3.05, 3.63) is 60.3 Å². The number of ether oxygens (including phenoxy) is 1. The number of nitrogens with zero attached hydrogens (tertiary/aromatic N) is 1. The van der Waals surface area contributed by atoms with Crippen LogP contribution in [0.3, 0.4) is 0 Å². The van der Waals surface area contributed by atoms with Gasteiger partial charge in [0.1, 0.15) is 5.75 Å². The van der Waals surface area contributed by atoms with Crippen molar-refractivity contribution in [1.82, 2.24) is 9.88 Å². The van der Waals surface area contributed by atoms with Crippen molar-refractivity contribution in [1.29, 1.82) is 0 Å². The number of piperidine rings is 1. The number of aromatic nitrogens is 1. The lowest BCUT2D eigenvalue weighted by molar-refractivity contribution is -0.143. The van der Waals surface area contributed by atoms with Gasteiger partial charge in [0.05, 0.1) is 11.6 Å². The second-order valence-corrected chi connectivity index (χ2v) is 7.19. The third-order valence-corrected chi connectivity index (χ3v) is 5.27. The molecule has 8 nitrogen and oxygen atoms in total. The number of fused-ring (bicyclic) bond motifs is 1. The normalized spacial score (nSPS) is 14.5. The standard InChI is InChI=1S/C22H21N3O5/c26-20(25-11-9-15(10-12-25)21(27)28)14-5-7-16(8-6-14)30-22(29)24-19-13-23-18-4-2-1-3-17(18)19/h1-8,13,15,23H,9-12H2,(H,24,29)(H,27,28). The summed E-state index contributed by atoms with van der Waals surface area (Å²) >= 11 is 0. The number of hydrogen-bond acceptors (Lipinski definition) is 4. The first-order valence-corrected chi connectivity index (χ1v) is 9.68. The van der Waals surface area contributed by atoms with Gasteiger partial charge < -0.3 is 19.7 Å². The topological polar surface area (TPSA) is 112 Å². The first-order valence-electron chi connectivity index (χ1n) is 9.68. The van der Waals surface area contributed by atoms with Crippen molar-refractivity contribution in [2.75, 3.05) is 18.4 Å². The maximum Gasteiger partial charge on any atom is 0.417 e. The Kier molecular flexibility index (Phi) is 5.38. The predicted octanol–water partition coefficient (Wildman–Crippen LogP) is 3.72. The van der Waals surface area contributed by atoms with Crippen molar-refractivity contribution in [3.63, 3.8) is 0 Å². The molecule has 154 valence electrons. The number of H-pyrrole nitrogens is 1. The molecule has 0 unspecified atom stereocenters. The van der Waals surface area contributed by atoms with Crippen LogP contribution in [0.25, 0.3) is 10.9 Å². The Balaban J connectivity index is 1.35. The molecule has 2 aromatic carbocycles. The Morgan fingerprint density at radius 3 is 2.43 bits per heavy atom. The minimum atomic E-state index is -0.811. The number of likely N-dealkylation sites (tertiary alicyclic amines) is 1. The SMILES string of the molecule is O=C(Nc1c[nH]c2ccccc12)Oc1ccc(C(=O)N2CCC(C(=O)O)CC2)cc1. The molecule has 2 heterocycles. The highest BCUT2D eigenvalue weighted by molar-refractivity contribution is 6.00. The Hall–Kier alpha value is -3.81. The molecule has 30 heavy (non-hydrogen) atoms. The summed E-state index contributed by atoms with van der Waals surface area (Å²) in [4.78, 5) is 40.6. The van der Waals surface area contributed by atoms with Crippen LogP contribution in [-0.2, 0) is 4.79 Å². The summed E-state index contributed by atoms with van der Waals surface area (Å²) in [6.07, 6.45) is 1.97. The maximum atomic E-state index is 12.6. The second kappa shape index (κ2) is 8.28. The number of aromatic amines is 1. The summed E-state index contributed by atoms with van der Waals surface area (Å²) in [5.41, 5.74) is 1.99. The van der Waals surface area contributed by atoms with E-state index in [2.05, 4.69) is 10.3 Å². The molecule has 0 bridgehead atoms. The van der Waals surface area contributed by atoms with Crippen molar-refractivity contribution < 1.29 is 24.2 Å². The van der Waals surface area contributed by atoms with Gasteiger partial charge in [-0.05, 0) is 43.2 Å². The maximum absolute atomic E-state index is 12.6.